The second-order valence-corrected chi connectivity index (χ2v) is 5.27. The van der Waals surface area contributed by atoms with Crippen molar-refractivity contribution in [2.24, 2.45) is 5.84 Å². The molecule has 19 heavy (non-hydrogen) atoms. The van der Waals surface area contributed by atoms with E-state index in [4.69, 9.17) is 29.0 Å². The molecule has 1 atom stereocenters. The number of hydrazine groups is 1. The highest BCUT2D eigenvalue weighted by Crippen LogP contribution is 2.27. The van der Waals surface area contributed by atoms with Gasteiger partial charge in [-0.2, -0.15) is 0 Å². The zero-order chi connectivity index (χ0) is 13.8. The Morgan fingerprint density at radius 3 is 2.05 bits per heavy atom. The van der Waals surface area contributed by atoms with Gasteiger partial charge in [0.15, 0.2) is 0 Å². The van der Waals surface area contributed by atoms with Crippen molar-refractivity contribution in [3.63, 3.8) is 0 Å². The van der Waals surface area contributed by atoms with Crippen LogP contribution in [-0.2, 0) is 6.42 Å². The summed E-state index contributed by atoms with van der Waals surface area (Å²) in [7, 11) is 0. The summed E-state index contributed by atoms with van der Waals surface area (Å²) in [5, 5.41) is 1.21. The van der Waals surface area contributed by atoms with Crippen LogP contribution in [0.3, 0.4) is 0 Å². The van der Waals surface area contributed by atoms with Crippen LogP contribution in [-0.4, -0.2) is 0 Å². The number of hydrogen-bond donors (Lipinski definition) is 2. The molecular formula is C15H16Cl2N2. The van der Waals surface area contributed by atoms with Gasteiger partial charge in [-0.15, -0.1) is 0 Å². The Morgan fingerprint density at radius 2 is 1.58 bits per heavy atom. The number of halogens is 2. The molecule has 100 valence electrons. The first-order valence-electron chi connectivity index (χ1n) is 6.15. The van der Waals surface area contributed by atoms with Gasteiger partial charge in [0.05, 0.1) is 6.04 Å². The van der Waals surface area contributed by atoms with E-state index in [0.29, 0.717) is 10.0 Å². The van der Waals surface area contributed by atoms with E-state index in [1.807, 2.05) is 12.1 Å². The fourth-order valence-electron chi connectivity index (χ4n) is 2.07. The molecule has 0 aliphatic carbocycles. The molecule has 0 fully saturated rings. The first-order chi connectivity index (χ1) is 9.13. The lowest BCUT2D eigenvalue weighted by atomic mass is 9.98. The highest BCUT2D eigenvalue weighted by Gasteiger charge is 2.13. The summed E-state index contributed by atoms with van der Waals surface area (Å²) in [6.45, 7) is 2.13. The van der Waals surface area contributed by atoms with Gasteiger partial charge in [0.25, 0.3) is 0 Å². The average Bonchev–Trinajstić information content (AvgIpc) is 2.39. The van der Waals surface area contributed by atoms with Crippen LogP contribution in [0.25, 0.3) is 0 Å². The van der Waals surface area contributed by atoms with Gasteiger partial charge in [0.2, 0.25) is 0 Å². The van der Waals surface area contributed by atoms with Crippen molar-refractivity contribution in [1.29, 1.82) is 0 Å². The number of nitrogens with one attached hydrogen (secondary N) is 1. The Hall–Kier alpha value is -1.06. The predicted octanol–water partition coefficient (Wildman–Crippen LogP) is 4.11. The normalized spacial score (nSPS) is 12.4. The molecule has 0 aliphatic rings. The molecule has 0 aromatic heterocycles. The highest BCUT2D eigenvalue weighted by molar-refractivity contribution is 6.34. The molecule has 0 spiro atoms. The Kier molecular flexibility index (Phi) is 4.83. The summed E-state index contributed by atoms with van der Waals surface area (Å²) in [6.07, 6.45) is 1.02. The summed E-state index contributed by atoms with van der Waals surface area (Å²) < 4.78 is 0. The topological polar surface area (TPSA) is 38.0 Å². The molecule has 2 aromatic carbocycles. The van der Waals surface area contributed by atoms with Crippen LogP contribution in [0.5, 0.6) is 0 Å². The third-order valence-corrected chi connectivity index (χ3v) is 3.54. The van der Waals surface area contributed by atoms with Crippen molar-refractivity contribution in [2.45, 2.75) is 19.4 Å². The minimum atomic E-state index is -0.123. The van der Waals surface area contributed by atoms with Crippen molar-refractivity contribution >= 4 is 23.2 Å². The average molecular weight is 295 g/mol. The van der Waals surface area contributed by atoms with Crippen molar-refractivity contribution < 1.29 is 0 Å². The molecule has 1 unspecified atom stereocenters. The van der Waals surface area contributed by atoms with Crippen LogP contribution in [0.1, 0.15) is 29.7 Å². The van der Waals surface area contributed by atoms with E-state index < -0.39 is 0 Å². The Labute approximate surface area is 123 Å². The van der Waals surface area contributed by atoms with Crippen molar-refractivity contribution in [3.05, 3.63) is 69.2 Å². The van der Waals surface area contributed by atoms with Crippen LogP contribution in [0.2, 0.25) is 10.0 Å². The SMILES string of the molecule is CCc1ccc(C(NN)c2cc(Cl)cc(Cl)c2)cc1. The van der Waals surface area contributed by atoms with E-state index in [-0.39, 0.29) is 6.04 Å². The van der Waals surface area contributed by atoms with E-state index in [1.54, 1.807) is 6.07 Å². The number of nitrogens with two attached hydrogens (primary N) is 1. The molecule has 0 amide bonds. The minimum absolute atomic E-state index is 0.123. The lowest BCUT2D eigenvalue weighted by molar-refractivity contribution is 0.637. The summed E-state index contributed by atoms with van der Waals surface area (Å²) in [5.74, 6) is 5.67. The molecule has 0 aliphatic heterocycles. The molecular weight excluding hydrogens is 279 g/mol. The molecule has 2 rings (SSSR count). The molecule has 0 heterocycles. The predicted molar refractivity (Wildman–Crippen MR) is 81.4 cm³/mol. The van der Waals surface area contributed by atoms with Gasteiger partial charge < -0.3 is 0 Å². The molecule has 0 bridgehead atoms. The molecule has 3 N–H and O–H groups in total. The molecule has 2 aromatic rings. The zero-order valence-corrected chi connectivity index (χ0v) is 12.2. The summed E-state index contributed by atoms with van der Waals surface area (Å²) in [6, 6.07) is 13.7. The first-order valence-corrected chi connectivity index (χ1v) is 6.90. The van der Waals surface area contributed by atoms with Gasteiger partial charge >= 0.3 is 0 Å². The van der Waals surface area contributed by atoms with E-state index >= 15 is 0 Å². The summed E-state index contributed by atoms with van der Waals surface area (Å²) in [4.78, 5) is 0. The van der Waals surface area contributed by atoms with E-state index in [1.165, 1.54) is 5.56 Å². The minimum Gasteiger partial charge on any atom is -0.271 e. The molecule has 0 radical (unpaired) electrons. The molecule has 2 nitrogen and oxygen atoms in total. The largest absolute Gasteiger partial charge is 0.271 e. The lowest BCUT2D eigenvalue weighted by Crippen LogP contribution is -2.28. The van der Waals surface area contributed by atoms with Gasteiger partial charge in [-0.3, -0.25) is 5.84 Å². The maximum atomic E-state index is 6.03. The molecule has 0 saturated heterocycles. The maximum absolute atomic E-state index is 6.03. The van der Waals surface area contributed by atoms with Crippen molar-refractivity contribution in [1.82, 2.24) is 5.43 Å². The number of rotatable bonds is 4. The second kappa shape index (κ2) is 6.40. The second-order valence-electron chi connectivity index (χ2n) is 4.40. The molecule has 4 heteroatoms. The smallest absolute Gasteiger partial charge is 0.0711 e. The van der Waals surface area contributed by atoms with Gasteiger partial charge in [-0.05, 0) is 41.3 Å². The van der Waals surface area contributed by atoms with Crippen LogP contribution in [0.4, 0.5) is 0 Å². The standard InChI is InChI=1S/C15H16Cl2N2/c1-2-10-3-5-11(6-4-10)15(19-18)12-7-13(16)9-14(17)8-12/h3-9,15,19H,2,18H2,1H3. The summed E-state index contributed by atoms with van der Waals surface area (Å²) >= 11 is 12.1. The molecule has 0 saturated carbocycles. The van der Waals surface area contributed by atoms with Gasteiger partial charge in [0, 0.05) is 10.0 Å². The van der Waals surface area contributed by atoms with E-state index in [9.17, 15) is 0 Å². The quantitative estimate of drug-likeness (QED) is 0.658. The van der Waals surface area contributed by atoms with Crippen LogP contribution >= 0.6 is 23.2 Å². The Balaban J connectivity index is 2.37. The Bertz CT molecular complexity index is 532. The zero-order valence-electron chi connectivity index (χ0n) is 10.7. The van der Waals surface area contributed by atoms with E-state index in [2.05, 4.69) is 36.6 Å². The summed E-state index contributed by atoms with van der Waals surface area (Å²) in [5.41, 5.74) is 6.13. The van der Waals surface area contributed by atoms with Crippen LogP contribution < -0.4 is 11.3 Å². The fraction of sp³-hybridized carbons (Fsp3) is 0.200. The van der Waals surface area contributed by atoms with Crippen LogP contribution in [0.15, 0.2) is 42.5 Å². The van der Waals surface area contributed by atoms with Crippen molar-refractivity contribution in [3.8, 4) is 0 Å². The van der Waals surface area contributed by atoms with Gasteiger partial charge in [0.1, 0.15) is 0 Å². The number of benzene rings is 2. The fourth-order valence-corrected chi connectivity index (χ4v) is 2.62. The Morgan fingerprint density at radius 1 is 1.00 bits per heavy atom. The lowest BCUT2D eigenvalue weighted by Gasteiger charge is -2.18. The maximum Gasteiger partial charge on any atom is 0.0711 e. The van der Waals surface area contributed by atoms with Gasteiger partial charge in [-0.25, -0.2) is 5.43 Å². The number of aryl methyl sites for hydroxylation is 1. The first kappa shape index (κ1) is 14.4. The third-order valence-electron chi connectivity index (χ3n) is 3.11. The monoisotopic (exact) mass is 294 g/mol. The number of hydrogen-bond acceptors (Lipinski definition) is 2. The van der Waals surface area contributed by atoms with Crippen molar-refractivity contribution in [2.75, 3.05) is 0 Å². The third kappa shape index (κ3) is 3.48. The van der Waals surface area contributed by atoms with Crippen LogP contribution in [0, 0.1) is 0 Å². The van der Waals surface area contributed by atoms with E-state index in [0.717, 1.165) is 17.5 Å². The highest BCUT2D eigenvalue weighted by atomic mass is 35.5. The van der Waals surface area contributed by atoms with Gasteiger partial charge in [-0.1, -0.05) is 54.4 Å².